The molecule has 1 unspecified atom stereocenters. The monoisotopic (exact) mass is 611 g/mol. The molecule has 0 N–H and O–H groups in total. The second-order valence-electron chi connectivity index (χ2n) is 11.5. The van der Waals surface area contributed by atoms with Crippen LogP contribution in [0.2, 0.25) is 10.0 Å². The molecule has 41 heavy (non-hydrogen) atoms. The maximum absolute atomic E-state index is 14.7. The summed E-state index contributed by atoms with van der Waals surface area (Å²) in [7, 11) is -3.67. The molecule has 2 aliphatic rings. The lowest BCUT2D eigenvalue weighted by atomic mass is 9.67. The van der Waals surface area contributed by atoms with Gasteiger partial charge in [-0.25, -0.2) is 8.42 Å². The van der Waals surface area contributed by atoms with Crippen molar-refractivity contribution in [1.82, 2.24) is 9.88 Å². The number of carbonyl (C=O) groups excluding carboxylic acids is 1. The second kappa shape index (κ2) is 11.8. The van der Waals surface area contributed by atoms with Gasteiger partial charge in [0.1, 0.15) is 0 Å². The third kappa shape index (κ3) is 6.32. The lowest BCUT2D eigenvalue weighted by Gasteiger charge is -2.52. The molecule has 2 fully saturated rings. The summed E-state index contributed by atoms with van der Waals surface area (Å²) in [6.07, 6.45) is 9.12. The van der Waals surface area contributed by atoms with Crippen molar-refractivity contribution in [2.24, 2.45) is 11.3 Å². The summed E-state index contributed by atoms with van der Waals surface area (Å²) in [5.41, 5.74) is 1.74. The van der Waals surface area contributed by atoms with E-state index >= 15 is 0 Å². The molecule has 1 aliphatic heterocycles. The van der Waals surface area contributed by atoms with E-state index in [1.165, 1.54) is 10.6 Å². The number of anilines is 1. The number of piperidine rings is 1. The number of allylic oxidation sites excluding steroid dienone is 1. The van der Waals surface area contributed by atoms with Gasteiger partial charge in [0.15, 0.2) is 0 Å². The number of sulfonamides is 1. The molecule has 3 aromatic rings. The van der Waals surface area contributed by atoms with Gasteiger partial charge in [-0.1, -0.05) is 60.5 Å². The summed E-state index contributed by atoms with van der Waals surface area (Å²) in [5, 5.41) is 1.24. The van der Waals surface area contributed by atoms with E-state index < -0.39 is 15.4 Å². The van der Waals surface area contributed by atoms with Crippen molar-refractivity contribution in [2.45, 2.75) is 50.6 Å². The van der Waals surface area contributed by atoms with Crippen LogP contribution in [0.15, 0.2) is 85.7 Å². The molecule has 1 amide bonds. The highest BCUT2D eigenvalue weighted by atomic mass is 35.5. The zero-order valence-electron chi connectivity index (χ0n) is 23.3. The van der Waals surface area contributed by atoms with E-state index in [4.69, 9.17) is 23.2 Å². The quantitative estimate of drug-likeness (QED) is 0.226. The largest absolute Gasteiger partial charge is 0.329 e. The maximum atomic E-state index is 14.7. The van der Waals surface area contributed by atoms with Gasteiger partial charge in [0, 0.05) is 22.2 Å². The molecule has 6 nitrogen and oxygen atoms in total. The first-order chi connectivity index (χ1) is 19.5. The van der Waals surface area contributed by atoms with Crippen LogP contribution in [-0.4, -0.2) is 43.1 Å². The first-order valence-electron chi connectivity index (χ1n) is 13.8. The minimum absolute atomic E-state index is 0.00663. The maximum Gasteiger partial charge on any atom is 0.232 e. The molecule has 1 saturated carbocycles. The smallest absolute Gasteiger partial charge is 0.232 e. The van der Waals surface area contributed by atoms with Crippen molar-refractivity contribution in [1.29, 1.82) is 0 Å². The Morgan fingerprint density at radius 3 is 2.41 bits per heavy atom. The molecule has 0 bridgehead atoms. The lowest BCUT2D eigenvalue weighted by molar-refractivity contribution is -0.154. The van der Waals surface area contributed by atoms with E-state index in [0.717, 1.165) is 24.0 Å². The third-order valence-corrected chi connectivity index (χ3v) is 10.0. The molecule has 2 heterocycles. The fourth-order valence-electron chi connectivity index (χ4n) is 6.30. The highest BCUT2D eigenvalue weighted by Gasteiger charge is 2.54. The van der Waals surface area contributed by atoms with Crippen LogP contribution in [0.3, 0.4) is 0 Å². The zero-order valence-corrected chi connectivity index (χ0v) is 25.6. The summed E-state index contributed by atoms with van der Waals surface area (Å²) in [6.45, 7) is 6.11. The molecule has 2 aromatic carbocycles. The molecule has 1 aromatic heterocycles. The molecule has 1 aliphatic carbocycles. The zero-order chi connectivity index (χ0) is 29.4. The summed E-state index contributed by atoms with van der Waals surface area (Å²) < 4.78 is 27.7. The van der Waals surface area contributed by atoms with Gasteiger partial charge in [0.2, 0.25) is 15.9 Å². The SMILES string of the molecule is C=CC[C@@]1(C)CC(c2cccc(Cl)c2)[C@@H](c2ccc(Cl)cc2)N([C@H](CN(c2cccnc2)S(C)(=O)=O)C2CC2)C1=O. The molecular formula is C32H35Cl2N3O3S. The van der Waals surface area contributed by atoms with Crippen molar-refractivity contribution >= 4 is 44.8 Å². The summed E-state index contributed by atoms with van der Waals surface area (Å²) in [6, 6.07) is 18.2. The van der Waals surface area contributed by atoms with Crippen molar-refractivity contribution in [2.75, 3.05) is 17.1 Å². The Morgan fingerprint density at radius 2 is 1.83 bits per heavy atom. The molecule has 9 heteroatoms. The van der Waals surface area contributed by atoms with Crippen molar-refractivity contribution in [3.8, 4) is 0 Å². The number of likely N-dealkylation sites (tertiary alicyclic amines) is 1. The van der Waals surface area contributed by atoms with Crippen LogP contribution in [-0.2, 0) is 14.8 Å². The Kier molecular flexibility index (Phi) is 8.51. The first kappa shape index (κ1) is 29.6. The fourth-order valence-corrected chi connectivity index (χ4v) is 7.54. The molecule has 0 spiro atoms. The minimum atomic E-state index is -3.67. The van der Waals surface area contributed by atoms with E-state index in [2.05, 4.69) is 17.6 Å². The Bertz CT molecular complexity index is 1510. The normalized spacial score (nSPS) is 23.7. The first-order valence-corrected chi connectivity index (χ1v) is 16.4. The number of pyridine rings is 1. The van der Waals surface area contributed by atoms with Crippen LogP contribution in [0, 0.1) is 11.3 Å². The average molecular weight is 613 g/mol. The van der Waals surface area contributed by atoms with Gasteiger partial charge in [-0.15, -0.1) is 6.58 Å². The van der Waals surface area contributed by atoms with Gasteiger partial charge < -0.3 is 4.90 Å². The molecular weight excluding hydrogens is 577 g/mol. The van der Waals surface area contributed by atoms with Gasteiger partial charge in [-0.2, -0.15) is 0 Å². The van der Waals surface area contributed by atoms with Crippen molar-refractivity contribution in [3.05, 3.63) is 107 Å². The summed E-state index contributed by atoms with van der Waals surface area (Å²) in [4.78, 5) is 20.9. The number of rotatable bonds is 10. The van der Waals surface area contributed by atoms with Crippen LogP contribution < -0.4 is 4.31 Å². The fraction of sp³-hybridized carbons (Fsp3) is 0.375. The van der Waals surface area contributed by atoms with Crippen LogP contribution in [0.25, 0.3) is 0 Å². The molecule has 1 saturated heterocycles. The van der Waals surface area contributed by atoms with Crippen molar-refractivity contribution in [3.63, 3.8) is 0 Å². The number of nitrogens with zero attached hydrogens (tertiary/aromatic N) is 3. The summed E-state index contributed by atoms with van der Waals surface area (Å²) in [5.74, 6) is 0.0804. The number of amides is 1. The Labute approximate surface area is 253 Å². The summed E-state index contributed by atoms with van der Waals surface area (Å²) >= 11 is 12.8. The van der Waals surface area contributed by atoms with E-state index in [1.807, 2.05) is 54.3 Å². The van der Waals surface area contributed by atoms with Gasteiger partial charge in [-0.3, -0.25) is 14.1 Å². The Hall–Kier alpha value is -2.87. The topological polar surface area (TPSA) is 70.6 Å². The van der Waals surface area contributed by atoms with Gasteiger partial charge in [0.05, 0.1) is 42.2 Å². The van der Waals surface area contributed by atoms with Gasteiger partial charge >= 0.3 is 0 Å². The number of carbonyl (C=O) groups is 1. The van der Waals surface area contributed by atoms with E-state index in [-0.39, 0.29) is 36.4 Å². The van der Waals surface area contributed by atoms with E-state index in [1.54, 1.807) is 30.6 Å². The number of hydrogen-bond acceptors (Lipinski definition) is 4. The standard InChI is InChI=1S/C32H35Cl2N3O3S/c1-4-16-32(2)19-28(24-7-5-8-26(34)18-24)30(23-12-14-25(33)15-13-23)37(31(32)38)29(22-10-11-22)21-36(41(3,39)40)27-9-6-17-35-20-27/h4-9,12-15,17-18,20,22,28-30H,1,10-11,16,19,21H2,2-3H3/t28?,29-,30-,32+/m1/s1. The van der Waals surface area contributed by atoms with Crippen LogP contribution in [0.4, 0.5) is 5.69 Å². The average Bonchev–Trinajstić information content (AvgIpc) is 3.77. The number of aromatic nitrogens is 1. The predicted molar refractivity (Wildman–Crippen MR) is 166 cm³/mol. The van der Waals surface area contributed by atoms with Crippen LogP contribution >= 0.6 is 23.2 Å². The number of halogens is 2. The lowest BCUT2D eigenvalue weighted by Crippen LogP contribution is -2.59. The van der Waals surface area contributed by atoms with E-state index in [9.17, 15) is 13.2 Å². The number of benzene rings is 2. The minimum Gasteiger partial charge on any atom is -0.329 e. The second-order valence-corrected chi connectivity index (χ2v) is 14.3. The van der Waals surface area contributed by atoms with Gasteiger partial charge in [0.25, 0.3) is 0 Å². The molecule has 4 atom stereocenters. The van der Waals surface area contributed by atoms with Crippen molar-refractivity contribution < 1.29 is 13.2 Å². The molecule has 5 rings (SSSR count). The Balaban J connectivity index is 1.69. The van der Waals surface area contributed by atoms with E-state index in [0.29, 0.717) is 28.6 Å². The highest BCUT2D eigenvalue weighted by Crippen LogP contribution is 2.54. The van der Waals surface area contributed by atoms with Crippen LogP contribution in [0.1, 0.15) is 55.7 Å². The predicted octanol–water partition coefficient (Wildman–Crippen LogP) is 7.27. The Morgan fingerprint density at radius 1 is 1.10 bits per heavy atom. The highest BCUT2D eigenvalue weighted by molar-refractivity contribution is 7.92. The molecule has 0 radical (unpaired) electrons. The molecule has 216 valence electrons. The number of hydrogen-bond donors (Lipinski definition) is 0. The third-order valence-electron chi connectivity index (χ3n) is 8.40. The van der Waals surface area contributed by atoms with Crippen LogP contribution in [0.5, 0.6) is 0 Å². The van der Waals surface area contributed by atoms with Gasteiger partial charge in [-0.05, 0) is 79.1 Å².